The number of rotatable bonds is 2. The van der Waals surface area contributed by atoms with E-state index in [9.17, 15) is 0 Å². The number of hydrogen-bond acceptors (Lipinski definition) is 0. The molecule has 0 bridgehead atoms. The fourth-order valence-corrected chi connectivity index (χ4v) is 3.74. The van der Waals surface area contributed by atoms with Gasteiger partial charge in [-0.15, -0.1) is 0 Å². The Morgan fingerprint density at radius 1 is 1.00 bits per heavy atom. The van der Waals surface area contributed by atoms with E-state index in [1.807, 2.05) is 5.57 Å². The van der Waals surface area contributed by atoms with Crippen LogP contribution in [-0.2, 0) is 0 Å². The molecule has 2 aliphatic carbocycles. The summed E-state index contributed by atoms with van der Waals surface area (Å²) in [6, 6.07) is 0. The second-order valence-electron chi connectivity index (χ2n) is 5.57. The molecule has 0 aromatic rings. The van der Waals surface area contributed by atoms with Gasteiger partial charge in [-0.1, -0.05) is 37.3 Å². The van der Waals surface area contributed by atoms with E-state index in [0.29, 0.717) is 0 Å². The van der Waals surface area contributed by atoms with Gasteiger partial charge in [-0.25, -0.2) is 0 Å². The van der Waals surface area contributed by atoms with Crippen molar-refractivity contribution >= 4 is 0 Å². The Kier molecular flexibility index (Phi) is 3.88. The normalized spacial score (nSPS) is 33.2. The minimum Gasteiger partial charge on any atom is -0.0738 e. The second kappa shape index (κ2) is 5.18. The highest BCUT2D eigenvalue weighted by atomic mass is 14.3. The first-order valence-corrected chi connectivity index (χ1v) is 7.01. The summed E-state index contributed by atoms with van der Waals surface area (Å²) in [5.74, 6) is 1.99. The Morgan fingerprint density at radius 3 is 2.47 bits per heavy atom. The molecule has 0 nitrogen and oxygen atoms in total. The summed E-state index contributed by atoms with van der Waals surface area (Å²) in [6.07, 6.45) is 13.1. The van der Waals surface area contributed by atoms with Gasteiger partial charge in [0, 0.05) is 0 Å². The maximum absolute atomic E-state index is 2.40. The summed E-state index contributed by atoms with van der Waals surface area (Å²) >= 11 is 0. The van der Waals surface area contributed by atoms with Crippen molar-refractivity contribution in [3.63, 3.8) is 0 Å². The lowest BCUT2D eigenvalue weighted by Crippen LogP contribution is -2.22. The minimum atomic E-state index is 0.976. The van der Waals surface area contributed by atoms with Crippen LogP contribution in [0.3, 0.4) is 0 Å². The van der Waals surface area contributed by atoms with Crippen LogP contribution in [0.25, 0.3) is 0 Å². The Bertz CT molecular complexity index is 236. The van der Waals surface area contributed by atoms with Crippen LogP contribution in [0.15, 0.2) is 11.1 Å². The van der Waals surface area contributed by atoms with Crippen LogP contribution < -0.4 is 0 Å². The average molecular weight is 206 g/mol. The van der Waals surface area contributed by atoms with Crippen molar-refractivity contribution < 1.29 is 0 Å². The van der Waals surface area contributed by atoms with Gasteiger partial charge in [0.15, 0.2) is 0 Å². The summed E-state index contributed by atoms with van der Waals surface area (Å²) in [4.78, 5) is 0. The quantitative estimate of drug-likeness (QED) is 0.552. The Hall–Kier alpha value is -0.260. The molecule has 2 rings (SSSR count). The molecule has 0 N–H and O–H groups in total. The van der Waals surface area contributed by atoms with Gasteiger partial charge in [-0.05, 0) is 57.3 Å². The van der Waals surface area contributed by atoms with Crippen molar-refractivity contribution in [2.45, 2.75) is 71.6 Å². The number of hydrogen-bond donors (Lipinski definition) is 0. The first-order chi connectivity index (χ1) is 7.33. The predicted molar refractivity (Wildman–Crippen MR) is 66.9 cm³/mol. The molecule has 0 radical (unpaired) electrons. The van der Waals surface area contributed by atoms with Crippen LogP contribution >= 0.6 is 0 Å². The van der Waals surface area contributed by atoms with Gasteiger partial charge >= 0.3 is 0 Å². The van der Waals surface area contributed by atoms with Crippen LogP contribution in [0.4, 0.5) is 0 Å². The third-order valence-electron chi connectivity index (χ3n) is 4.68. The van der Waals surface area contributed by atoms with Crippen LogP contribution in [-0.4, -0.2) is 0 Å². The molecule has 2 aliphatic rings. The maximum atomic E-state index is 2.40. The first-order valence-electron chi connectivity index (χ1n) is 7.01. The average Bonchev–Trinajstić information content (AvgIpc) is 2.30. The summed E-state index contributed by atoms with van der Waals surface area (Å²) in [5, 5.41) is 0. The van der Waals surface area contributed by atoms with E-state index in [0.717, 1.165) is 11.8 Å². The summed E-state index contributed by atoms with van der Waals surface area (Å²) < 4.78 is 0. The predicted octanol–water partition coefficient (Wildman–Crippen LogP) is 5.09. The van der Waals surface area contributed by atoms with Gasteiger partial charge in [0.25, 0.3) is 0 Å². The van der Waals surface area contributed by atoms with Crippen molar-refractivity contribution in [3.05, 3.63) is 11.1 Å². The van der Waals surface area contributed by atoms with Gasteiger partial charge in [-0.2, -0.15) is 0 Å². The molecule has 2 unspecified atom stereocenters. The van der Waals surface area contributed by atoms with Crippen LogP contribution in [0.5, 0.6) is 0 Å². The topological polar surface area (TPSA) is 0 Å². The summed E-state index contributed by atoms with van der Waals surface area (Å²) in [5.41, 5.74) is 3.64. The lowest BCUT2D eigenvalue weighted by molar-refractivity contribution is 0.255. The molecule has 0 saturated heterocycles. The van der Waals surface area contributed by atoms with Gasteiger partial charge in [0.1, 0.15) is 0 Å². The van der Waals surface area contributed by atoms with Gasteiger partial charge in [0.05, 0.1) is 0 Å². The maximum Gasteiger partial charge on any atom is -0.0172 e. The molecule has 0 heterocycles. The monoisotopic (exact) mass is 206 g/mol. The molecule has 1 fully saturated rings. The van der Waals surface area contributed by atoms with Crippen LogP contribution in [0, 0.1) is 11.8 Å². The third kappa shape index (κ3) is 2.46. The third-order valence-corrected chi connectivity index (χ3v) is 4.68. The van der Waals surface area contributed by atoms with E-state index in [2.05, 4.69) is 13.8 Å². The summed E-state index contributed by atoms with van der Waals surface area (Å²) in [7, 11) is 0. The summed E-state index contributed by atoms with van der Waals surface area (Å²) in [6.45, 7) is 4.79. The molecule has 86 valence electrons. The van der Waals surface area contributed by atoms with E-state index in [-0.39, 0.29) is 0 Å². The molecule has 1 saturated carbocycles. The Balaban J connectivity index is 2.12. The largest absolute Gasteiger partial charge is 0.0738 e. The lowest BCUT2D eigenvalue weighted by atomic mass is 9.70. The van der Waals surface area contributed by atoms with Crippen LogP contribution in [0.1, 0.15) is 71.6 Å². The highest BCUT2D eigenvalue weighted by Crippen LogP contribution is 2.42. The van der Waals surface area contributed by atoms with Crippen molar-refractivity contribution in [2.24, 2.45) is 11.8 Å². The molecule has 0 heteroatoms. The lowest BCUT2D eigenvalue weighted by Gasteiger charge is -2.35. The first kappa shape index (κ1) is 11.2. The van der Waals surface area contributed by atoms with E-state index in [4.69, 9.17) is 0 Å². The molecular weight excluding hydrogens is 180 g/mol. The molecule has 0 aromatic heterocycles. The van der Waals surface area contributed by atoms with E-state index in [1.165, 1.54) is 57.8 Å². The standard InChI is InChI=1S/C15H26/c1-3-13-9-5-7-11-15(13)14-10-6-4-8-12(14)2/h13,15H,3-11H2,1-2H3. The van der Waals surface area contributed by atoms with E-state index < -0.39 is 0 Å². The molecule has 15 heavy (non-hydrogen) atoms. The Labute approximate surface area is 95.1 Å². The van der Waals surface area contributed by atoms with Gasteiger partial charge in [0.2, 0.25) is 0 Å². The highest BCUT2D eigenvalue weighted by molar-refractivity contribution is 5.19. The molecule has 0 aromatic carbocycles. The Morgan fingerprint density at radius 2 is 1.73 bits per heavy atom. The molecule has 0 amide bonds. The molecule has 0 spiro atoms. The van der Waals surface area contributed by atoms with Crippen LogP contribution in [0.2, 0.25) is 0 Å². The second-order valence-corrected chi connectivity index (χ2v) is 5.57. The fourth-order valence-electron chi connectivity index (χ4n) is 3.74. The minimum absolute atomic E-state index is 0.976. The zero-order valence-electron chi connectivity index (χ0n) is 10.5. The van der Waals surface area contributed by atoms with E-state index in [1.54, 1.807) is 5.57 Å². The zero-order valence-corrected chi connectivity index (χ0v) is 10.5. The zero-order chi connectivity index (χ0) is 10.7. The highest BCUT2D eigenvalue weighted by Gasteiger charge is 2.28. The fraction of sp³-hybridized carbons (Fsp3) is 0.867. The van der Waals surface area contributed by atoms with Crippen molar-refractivity contribution in [3.8, 4) is 0 Å². The van der Waals surface area contributed by atoms with E-state index >= 15 is 0 Å². The number of allylic oxidation sites excluding steroid dienone is 2. The molecule has 0 aliphatic heterocycles. The van der Waals surface area contributed by atoms with Crippen molar-refractivity contribution in [2.75, 3.05) is 0 Å². The van der Waals surface area contributed by atoms with Gasteiger partial charge in [-0.3, -0.25) is 0 Å². The smallest absolute Gasteiger partial charge is 0.0172 e. The molecule has 2 atom stereocenters. The SMILES string of the molecule is CCC1CCCCC1C1=C(C)CCCC1. The van der Waals surface area contributed by atoms with Crippen molar-refractivity contribution in [1.82, 2.24) is 0 Å². The van der Waals surface area contributed by atoms with Gasteiger partial charge < -0.3 is 0 Å². The van der Waals surface area contributed by atoms with Crippen molar-refractivity contribution in [1.29, 1.82) is 0 Å². The molecular formula is C15H26.